The summed E-state index contributed by atoms with van der Waals surface area (Å²) in [7, 11) is 0. The van der Waals surface area contributed by atoms with Crippen molar-refractivity contribution in [1.82, 2.24) is 20.4 Å². The minimum absolute atomic E-state index is 0. The number of carbonyl (C=O) groups is 5. The van der Waals surface area contributed by atoms with Crippen LogP contribution in [0.15, 0.2) is 65.7 Å². The summed E-state index contributed by atoms with van der Waals surface area (Å²) in [6.45, 7) is 9.43. The normalized spacial score (nSPS) is 13.7. The molecule has 3 rings (SSSR count). The molecule has 0 saturated heterocycles. The van der Waals surface area contributed by atoms with Crippen LogP contribution in [0, 0.1) is 36.4 Å². The number of hydrogen-bond donors (Lipinski definition) is 5. The molecule has 2 amide bonds. The number of guanidine groups is 1. The van der Waals surface area contributed by atoms with Crippen LogP contribution < -0.4 is 22.1 Å². The number of Topliss-reactive ketones (excluding diaryl/α,β-unsaturated/α-hetero) is 2. The van der Waals surface area contributed by atoms with Crippen LogP contribution in [0.25, 0.3) is 5.69 Å². The molecule has 7 N–H and O–H groups in total. The molecule has 13 nitrogen and oxygen atoms in total. The summed E-state index contributed by atoms with van der Waals surface area (Å²) >= 11 is 0. The second kappa shape index (κ2) is 22.1. The summed E-state index contributed by atoms with van der Waals surface area (Å²) in [4.78, 5) is 71.3. The van der Waals surface area contributed by atoms with Gasteiger partial charge in [-0.25, -0.2) is 9.07 Å². The molecule has 1 aromatic heterocycles. The van der Waals surface area contributed by atoms with Gasteiger partial charge in [-0.2, -0.15) is 5.10 Å². The van der Waals surface area contributed by atoms with Crippen molar-refractivity contribution in [1.29, 1.82) is 0 Å². The third-order valence-corrected chi connectivity index (χ3v) is 9.37. The number of carbonyl (C=O) groups excluding carboxylic acids is 4. The van der Waals surface area contributed by atoms with Crippen molar-refractivity contribution in [3.8, 4) is 5.69 Å². The molecule has 0 bridgehead atoms. The highest BCUT2D eigenvalue weighted by molar-refractivity contribution is 5.98. The van der Waals surface area contributed by atoms with Crippen molar-refractivity contribution in [2.24, 2.45) is 40.1 Å². The molecule has 300 valence electrons. The number of nitrogens with one attached hydrogen (secondary N) is 2. The third-order valence-electron chi connectivity index (χ3n) is 9.37. The van der Waals surface area contributed by atoms with Gasteiger partial charge < -0.3 is 27.2 Å². The second-order valence-corrected chi connectivity index (χ2v) is 14.3. The number of carboxylic acids is 1. The van der Waals surface area contributed by atoms with Gasteiger partial charge in [-0.15, -0.1) is 0 Å². The molecule has 1 heterocycles. The summed E-state index contributed by atoms with van der Waals surface area (Å²) < 4.78 is 15.3. The SMILES string of the molecule is C.CC[C@H](C)[C@H](NC(=O)[C@@H](CC(=O)[C@H](CCCN=C(N)N)NC(=O)c1cc(C)n(-c2cccc(F)c2)n1)CC(C)C)C(=O)C[C@@H](Cc1ccccc1)C(=O)O. The molecule has 0 saturated carbocycles. The minimum Gasteiger partial charge on any atom is -0.481 e. The van der Waals surface area contributed by atoms with E-state index in [1.54, 1.807) is 37.3 Å². The summed E-state index contributed by atoms with van der Waals surface area (Å²) in [5.74, 6) is -5.75. The fraction of sp³-hybridized carbons (Fsp3) is 0.488. The van der Waals surface area contributed by atoms with E-state index in [4.69, 9.17) is 11.5 Å². The molecule has 55 heavy (non-hydrogen) atoms. The largest absolute Gasteiger partial charge is 0.481 e. The van der Waals surface area contributed by atoms with E-state index < -0.39 is 59.1 Å². The number of benzene rings is 2. The number of amides is 2. The molecule has 0 spiro atoms. The number of aromatic nitrogens is 2. The Morgan fingerprint density at radius 3 is 2.20 bits per heavy atom. The van der Waals surface area contributed by atoms with Crippen LogP contribution in [0.3, 0.4) is 0 Å². The minimum atomic E-state index is -1.10. The van der Waals surface area contributed by atoms with E-state index in [0.717, 1.165) is 5.56 Å². The highest BCUT2D eigenvalue weighted by Gasteiger charge is 2.34. The summed E-state index contributed by atoms with van der Waals surface area (Å²) in [6.07, 6.45) is 1.01. The number of ketones is 2. The summed E-state index contributed by atoms with van der Waals surface area (Å²) in [5.41, 5.74) is 12.7. The Morgan fingerprint density at radius 1 is 0.927 bits per heavy atom. The Bertz CT molecular complexity index is 1770. The highest BCUT2D eigenvalue weighted by Crippen LogP contribution is 2.23. The molecule has 0 aliphatic heterocycles. The van der Waals surface area contributed by atoms with Crippen LogP contribution >= 0.6 is 0 Å². The summed E-state index contributed by atoms with van der Waals surface area (Å²) in [5, 5.41) is 20.0. The van der Waals surface area contributed by atoms with E-state index in [9.17, 15) is 33.5 Å². The molecule has 5 atom stereocenters. The molecule has 2 aromatic carbocycles. The van der Waals surface area contributed by atoms with Crippen LogP contribution in [-0.4, -0.2) is 68.8 Å². The van der Waals surface area contributed by atoms with Crippen LogP contribution in [0.4, 0.5) is 4.39 Å². The van der Waals surface area contributed by atoms with Gasteiger partial charge in [0.1, 0.15) is 5.82 Å². The third kappa shape index (κ3) is 14.4. The number of aliphatic imine (C=N–C) groups is 1. The van der Waals surface area contributed by atoms with Crippen molar-refractivity contribution in [2.45, 2.75) is 99.1 Å². The Kier molecular flexibility index (Phi) is 18.4. The number of hydrogen-bond acceptors (Lipinski definition) is 7. The Labute approximate surface area is 323 Å². The quantitative estimate of drug-likeness (QED) is 0.0519. The lowest BCUT2D eigenvalue weighted by molar-refractivity contribution is -0.144. The van der Waals surface area contributed by atoms with Crippen molar-refractivity contribution in [2.75, 3.05) is 6.54 Å². The molecule has 0 aliphatic rings. The highest BCUT2D eigenvalue weighted by atomic mass is 19.1. The molecule has 0 fully saturated rings. The van der Waals surface area contributed by atoms with Crippen LogP contribution in [0.5, 0.6) is 0 Å². The van der Waals surface area contributed by atoms with Crippen LogP contribution in [-0.2, 0) is 25.6 Å². The van der Waals surface area contributed by atoms with Gasteiger partial charge in [0.15, 0.2) is 23.2 Å². The Morgan fingerprint density at radius 2 is 1.60 bits per heavy atom. The number of aliphatic carboxylic acids is 1. The van der Waals surface area contributed by atoms with Gasteiger partial charge in [0.25, 0.3) is 5.91 Å². The van der Waals surface area contributed by atoms with E-state index in [-0.39, 0.29) is 63.1 Å². The maximum atomic E-state index is 14.0. The monoisotopic (exact) mass is 763 g/mol. The zero-order valence-electron chi connectivity index (χ0n) is 31.8. The predicted molar refractivity (Wildman–Crippen MR) is 211 cm³/mol. The maximum absolute atomic E-state index is 14.0. The van der Waals surface area contributed by atoms with E-state index >= 15 is 0 Å². The summed E-state index contributed by atoms with van der Waals surface area (Å²) in [6, 6.07) is 14.3. The molecule has 14 heteroatoms. The molecular formula is C41H58FN7O6. The first kappa shape index (κ1) is 45.8. The first-order valence-corrected chi connectivity index (χ1v) is 18.4. The lowest BCUT2D eigenvalue weighted by atomic mass is 9.85. The van der Waals surface area contributed by atoms with Crippen LogP contribution in [0.1, 0.15) is 95.4 Å². The van der Waals surface area contributed by atoms with Gasteiger partial charge in [-0.05, 0) is 74.3 Å². The average Bonchev–Trinajstić information content (AvgIpc) is 3.52. The predicted octanol–water partition coefficient (Wildman–Crippen LogP) is 5.16. The molecular weight excluding hydrogens is 705 g/mol. The standard InChI is InChI=1S/C40H54FN7O6.CH4/c1-6-25(4)36(35(50)22-29(39(53)54)20-27-12-8-7-9-13-27)46-37(51)28(18-24(2)3)21-34(49)32(16-11-17-44-40(42)43)45-38(52)33-19-26(5)48(47-33)31-15-10-14-30(41)23-31;/h7-10,12-15,19,23-25,28-29,32,36H,6,11,16-18,20-22H2,1-5H3,(H,45,52)(H,46,51)(H,53,54)(H4,42,43,44);1H4/t25-,28+,29+,32-,36-;/m0./s1. The first-order valence-electron chi connectivity index (χ1n) is 18.4. The van der Waals surface area contributed by atoms with Crippen molar-refractivity contribution < 1.29 is 33.5 Å². The van der Waals surface area contributed by atoms with Gasteiger partial charge in [0, 0.05) is 31.0 Å². The fourth-order valence-electron chi connectivity index (χ4n) is 6.30. The molecule has 0 radical (unpaired) electrons. The van der Waals surface area contributed by atoms with E-state index in [2.05, 4.69) is 20.7 Å². The number of nitrogens with two attached hydrogens (primary N) is 2. The second-order valence-electron chi connectivity index (χ2n) is 14.3. The lowest BCUT2D eigenvalue weighted by Crippen LogP contribution is -2.49. The van der Waals surface area contributed by atoms with E-state index in [0.29, 0.717) is 30.6 Å². The molecule has 0 aliphatic carbocycles. The van der Waals surface area contributed by atoms with E-state index in [1.807, 2.05) is 33.8 Å². The van der Waals surface area contributed by atoms with Crippen molar-refractivity contribution in [3.63, 3.8) is 0 Å². The number of halogens is 1. The van der Waals surface area contributed by atoms with Gasteiger partial charge in [0.05, 0.1) is 23.7 Å². The van der Waals surface area contributed by atoms with Gasteiger partial charge in [0.2, 0.25) is 5.91 Å². The van der Waals surface area contributed by atoms with E-state index in [1.165, 1.54) is 28.9 Å². The number of rotatable bonds is 22. The van der Waals surface area contributed by atoms with Gasteiger partial charge >= 0.3 is 5.97 Å². The topological polar surface area (TPSA) is 212 Å². The number of nitrogens with zero attached hydrogens (tertiary/aromatic N) is 3. The van der Waals surface area contributed by atoms with Gasteiger partial charge in [-0.3, -0.25) is 29.0 Å². The fourth-order valence-corrected chi connectivity index (χ4v) is 6.30. The number of carboxylic acid groups (broad SMARTS) is 1. The molecule has 3 aromatic rings. The smallest absolute Gasteiger partial charge is 0.307 e. The van der Waals surface area contributed by atoms with Crippen molar-refractivity contribution >= 4 is 35.3 Å². The number of aryl methyl sites for hydroxylation is 1. The van der Waals surface area contributed by atoms with Crippen molar-refractivity contribution in [3.05, 3.63) is 83.4 Å². The Balaban J connectivity index is 0.0000105. The lowest BCUT2D eigenvalue weighted by Gasteiger charge is -2.28. The zero-order valence-corrected chi connectivity index (χ0v) is 31.8. The Hall–Kier alpha value is -5.40. The zero-order chi connectivity index (χ0) is 39.9. The first-order chi connectivity index (χ1) is 25.6. The average molecular weight is 764 g/mol. The van der Waals surface area contributed by atoms with Crippen LogP contribution in [0.2, 0.25) is 0 Å². The van der Waals surface area contributed by atoms with Gasteiger partial charge in [-0.1, -0.05) is 77.9 Å². The maximum Gasteiger partial charge on any atom is 0.307 e. The molecule has 0 unspecified atom stereocenters.